The fourth-order valence-electron chi connectivity index (χ4n) is 3.63. The number of hydrogen-bond acceptors (Lipinski definition) is 5. The third-order valence-electron chi connectivity index (χ3n) is 4.94. The minimum atomic E-state index is 0.353. The van der Waals surface area contributed by atoms with Crippen LogP contribution in [-0.2, 0) is 6.54 Å². The van der Waals surface area contributed by atoms with Crippen LogP contribution in [0.2, 0.25) is 0 Å². The average Bonchev–Trinajstić information content (AvgIpc) is 2.99. The first-order valence-corrected chi connectivity index (χ1v) is 7.94. The Morgan fingerprint density at radius 1 is 1.14 bits per heavy atom. The molecule has 5 nitrogen and oxygen atoms in total. The fourth-order valence-corrected chi connectivity index (χ4v) is 3.63. The summed E-state index contributed by atoms with van der Waals surface area (Å²) in [4.78, 5) is 5.13. The van der Waals surface area contributed by atoms with Crippen molar-refractivity contribution in [3.63, 3.8) is 0 Å². The summed E-state index contributed by atoms with van der Waals surface area (Å²) in [5.74, 6) is 1.81. The standard InChI is InChI=1S/C16H23N3O2/c1-2-18-3-5-19(6-4-18)14-10-17-9-12-7-15-16(8-13(12)14)21-11-20-15/h7-8,14,17H,2-6,9-11H2,1H3/t14-/m0/s1. The number of fused-ring (bicyclic) bond motifs is 2. The van der Waals surface area contributed by atoms with Crippen LogP contribution < -0.4 is 14.8 Å². The average molecular weight is 289 g/mol. The first-order valence-electron chi connectivity index (χ1n) is 7.94. The van der Waals surface area contributed by atoms with E-state index in [9.17, 15) is 0 Å². The molecule has 1 aromatic rings. The van der Waals surface area contributed by atoms with Gasteiger partial charge in [0.15, 0.2) is 11.5 Å². The Morgan fingerprint density at radius 2 is 1.90 bits per heavy atom. The molecule has 3 aliphatic heterocycles. The molecule has 114 valence electrons. The highest BCUT2D eigenvalue weighted by Crippen LogP contribution is 2.39. The molecule has 0 unspecified atom stereocenters. The maximum atomic E-state index is 5.57. The lowest BCUT2D eigenvalue weighted by Crippen LogP contribution is -2.50. The minimum absolute atomic E-state index is 0.353. The zero-order valence-electron chi connectivity index (χ0n) is 12.6. The second kappa shape index (κ2) is 5.48. The largest absolute Gasteiger partial charge is 0.454 e. The van der Waals surface area contributed by atoms with Crippen LogP contribution >= 0.6 is 0 Å². The van der Waals surface area contributed by atoms with Crippen LogP contribution in [0.4, 0.5) is 0 Å². The van der Waals surface area contributed by atoms with E-state index in [4.69, 9.17) is 9.47 Å². The number of ether oxygens (including phenoxy) is 2. The second-order valence-corrected chi connectivity index (χ2v) is 6.02. The van der Waals surface area contributed by atoms with Crippen molar-refractivity contribution in [2.75, 3.05) is 46.1 Å². The van der Waals surface area contributed by atoms with Crippen molar-refractivity contribution in [1.29, 1.82) is 0 Å². The number of nitrogens with zero attached hydrogens (tertiary/aromatic N) is 2. The van der Waals surface area contributed by atoms with Crippen molar-refractivity contribution in [2.24, 2.45) is 0 Å². The van der Waals surface area contributed by atoms with E-state index >= 15 is 0 Å². The number of nitrogens with one attached hydrogen (secondary N) is 1. The predicted octanol–water partition coefficient (Wildman–Crippen LogP) is 1.20. The molecule has 1 N–H and O–H groups in total. The van der Waals surface area contributed by atoms with Gasteiger partial charge in [0, 0.05) is 45.3 Å². The van der Waals surface area contributed by atoms with Crippen molar-refractivity contribution < 1.29 is 9.47 Å². The van der Waals surface area contributed by atoms with E-state index in [1.54, 1.807) is 0 Å². The highest BCUT2D eigenvalue weighted by molar-refractivity contribution is 5.50. The summed E-state index contributed by atoms with van der Waals surface area (Å²) in [7, 11) is 0. The molecule has 1 aromatic carbocycles. The van der Waals surface area contributed by atoms with Crippen LogP contribution in [0.25, 0.3) is 0 Å². The quantitative estimate of drug-likeness (QED) is 0.885. The van der Waals surface area contributed by atoms with Gasteiger partial charge in [-0.1, -0.05) is 6.92 Å². The number of piperazine rings is 1. The van der Waals surface area contributed by atoms with Gasteiger partial charge in [-0.2, -0.15) is 0 Å². The van der Waals surface area contributed by atoms with E-state index in [0.717, 1.165) is 44.2 Å². The van der Waals surface area contributed by atoms with Gasteiger partial charge in [0.05, 0.1) is 0 Å². The van der Waals surface area contributed by atoms with Gasteiger partial charge < -0.3 is 19.7 Å². The first kappa shape index (κ1) is 13.4. The molecule has 21 heavy (non-hydrogen) atoms. The smallest absolute Gasteiger partial charge is 0.231 e. The maximum Gasteiger partial charge on any atom is 0.231 e. The number of likely N-dealkylation sites (N-methyl/N-ethyl adjacent to an activating group) is 1. The molecule has 0 radical (unpaired) electrons. The van der Waals surface area contributed by atoms with Crippen LogP contribution in [0, 0.1) is 0 Å². The molecule has 5 heteroatoms. The van der Waals surface area contributed by atoms with E-state index < -0.39 is 0 Å². The molecular formula is C16H23N3O2. The van der Waals surface area contributed by atoms with Crippen molar-refractivity contribution in [1.82, 2.24) is 15.1 Å². The molecule has 3 aliphatic rings. The van der Waals surface area contributed by atoms with Gasteiger partial charge in [-0.3, -0.25) is 4.90 Å². The van der Waals surface area contributed by atoms with Crippen molar-refractivity contribution in [3.8, 4) is 11.5 Å². The number of hydrogen-bond donors (Lipinski definition) is 1. The molecule has 0 aromatic heterocycles. The monoisotopic (exact) mass is 289 g/mol. The Morgan fingerprint density at radius 3 is 2.67 bits per heavy atom. The summed E-state index contributed by atoms with van der Waals surface area (Å²) < 4.78 is 11.1. The summed E-state index contributed by atoms with van der Waals surface area (Å²) in [5, 5.41) is 3.55. The van der Waals surface area contributed by atoms with Gasteiger partial charge in [-0.15, -0.1) is 0 Å². The summed E-state index contributed by atoms with van der Waals surface area (Å²) in [5.41, 5.74) is 2.77. The third-order valence-corrected chi connectivity index (χ3v) is 4.94. The lowest BCUT2D eigenvalue weighted by molar-refractivity contribution is 0.0948. The van der Waals surface area contributed by atoms with Gasteiger partial charge in [-0.05, 0) is 29.8 Å². The normalized spacial score (nSPS) is 25.9. The molecule has 0 saturated carbocycles. The van der Waals surface area contributed by atoms with Gasteiger partial charge in [0.2, 0.25) is 6.79 Å². The van der Waals surface area contributed by atoms with Gasteiger partial charge >= 0.3 is 0 Å². The molecule has 0 bridgehead atoms. The third kappa shape index (κ3) is 2.39. The van der Waals surface area contributed by atoms with Crippen LogP contribution in [0.3, 0.4) is 0 Å². The molecule has 1 saturated heterocycles. The number of rotatable bonds is 2. The van der Waals surface area contributed by atoms with E-state index in [1.807, 2.05) is 0 Å². The molecule has 3 heterocycles. The number of benzene rings is 1. The second-order valence-electron chi connectivity index (χ2n) is 6.02. The maximum absolute atomic E-state index is 5.57. The van der Waals surface area contributed by atoms with Gasteiger partial charge in [-0.25, -0.2) is 0 Å². The van der Waals surface area contributed by atoms with Gasteiger partial charge in [0.1, 0.15) is 0 Å². The summed E-state index contributed by atoms with van der Waals surface area (Å²) in [6.45, 7) is 10.4. The topological polar surface area (TPSA) is 37.0 Å². The van der Waals surface area contributed by atoms with Crippen LogP contribution in [0.5, 0.6) is 11.5 Å². The molecule has 0 amide bonds. The Labute approximate surface area is 125 Å². The summed E-state index contributed by atoms with van der Waals surface area (Å²) in [6.07, 6.45) is 0. The van der Waals surface area contributed by atoms with Crippen molar-refractivity contribution >= 4 is 0 Å². The van der Waals surface area contributed by atoms with Gasteiger partial charge in [0.25, 0.3) is 0 Å². The lowest BCUT2D eigenvalue weighted by atomic mass is 9.94. The van der Waals surface area contributed by atoms with Crippen LogP contribution in [0.1, 0.15) is 24.1 Å². The highest BCUT2D eigenvalue weighted by atomic mass is 16.7. The first-order chi connectivity index (χ1) is 10.3. The van der Waals surface area contributed by atoms with E-state index in [2.05, 4.69) is 34.2 Å². The lowest BCUT2D eigenvalue weighted by Gasteiger charge is -2.41. The summed E-state index contributed by atoms with van der Waals surface area (Å²) >= 11 is 0. The highest BCUT2D eigenvalue weighted by Gasteiger charge is 2.30. The minimum Gasteiger partial charge on any atom is -0.454 e. The molecule has 1 atom stereocenters. The Balaban J connectivity index is 1.59. The van der Waals surface area contributed by atoms with E-state index in [0.29, 0.717) is 12.8 Å². The van der Waals surface area contributed by atoms with Crippen molar-refractivity contribution in [2.45, 2.75) is 19.5 Å². The zero-order chi connectivity index (χ0) is 14.2. The zero-order valence-corrected chi connectivity index (χ0v) is 12.6. The van der Waals surface area contributed by atoms with E-state index in [1.165, 1.54) is 24.2 Å². The molecule has 4 rings (SSSR count). The Kier molecular flexibility index (Phi) is 3.49. The summed E-state index contributed by atoms with van der Waals surface area (Å²) in [6, 6.07) is 4.82. The molecular weight excluding hydrogens is 266 g/mol. The van der Waals surface area contributed by atoms with Crippen LogP contribution in [-0.4, -0.2) is 55.9 Å². The predicted molar refractivity (Wildman–Crippen MR) is 80.7 cm³/mol. The fraction of sp³-hybridized carbons (Fsp3) is 0.625. The Bertz CT molecular complexity index is 526. The molecule has 0 aliphatic carbocycles. The molecule has 0 spiro atoms. The van der Waals surface area contributed by atoms with E-state index in [-0.39, 0.29) is 0 Å². The van der Waals surface area contributed by atoms with Crippen LogP contribution in [0.15, 0.2) is 12.1 Å². The molecule has 1 fully saturated rings. The Hall–Kier alpha value is -1.30. The van der Waals surface area contributed by atoms with Crippen molar-refractivity contribution in [3.05, 3.63) is 23.3 Å². The SMILES string of the molecule is CCN1CCN([C@H]2CNCc3cc4c(cc32)OCO4)CC1.